The first-order valence-electron chi connectivity index (χ1n) is 10.3. The van der Waals surface area contributed by atoms with E-state index in [9.17, 15) is 4.79 Å². The van der Waals surface area contributed by atoms with Crippen LogP contribution < -0.4 is 10.6 Å². The average Bonchev–Trinajstić information content (AvgIpc) is 3.27. The first-order valence-corrected chi connectivity index (χ1v) is 11.2. The van der Waals surface area contributed by atoms with Crippen LogP contribution in [0.4, 0.5) is 11.1 Å². The summed E-state index contributed by atoms with van der Waals surface area (Å²) in [6.45, 7) is 4.21. The van der Waals surface area contributed by atoms with Crippen molar-refractivity contribution in [3.05, 3.63) is 29.0 Å². The Kier molecular flexibility index (Phi) is 9.13. The summed E-state index contributed by atoms with van der Waals surface area (Å²) < 4.78 is 10.9. The largest absolute Gasteiger partial charge is 0.376 e. The van der Waals surface area contributed by atoms with Gasteiger partial charge in [0.1, 0.15) is 5.69 Å². The van der Waals surface area contributed by atoms with Gasteiger partial charge in [-0.15, -0.1) is 23.7 Å². The number of halogens is 1. The average molecular weight is 480 g/mol. The molecule has 2 fully saturated rings. The highest BCUT2D eigenvalue weighted by Gasteiger charge is 2.23. The predicted octanol–water partition coefficient (Wildman–Crippen LogP) is 1.95. The molecule has 2 aliphatic rings. The molecule has 4 rings (SSSR count). The molecule has 0 saturated carbocycles. The second kappa shape index (κ2) is 12.0. The number of likely N-dealkylation sites (tertiary alicyclic amines) is 1. The van der Waals surface area contributed by atoms with Crippen molar-refractivity contribution in [3.8, 4) is 6.07 Å². The normalized spacial score (nSPS) is 21.2. The summed E-state index contributed by atoms with van der Waals surface area (Å²) in [6, 6.07) is 4.14. The lowest BCUT2D eigenvalue weighted by Gasteiger charge is -2.30. The van der Waals surface area contributed by atoms with Gasteiger partial charge in [-0.3, -0.25) is 9.69 Å². The maximum absolute atomic E-state index is 12.3. The second-order valence-electron chi connectivity index (χ2n) is 7.48. The lowest BCUT2D eigenvalue weighted by atomic mass is 9.94. The van der Waals surface area contributed by atoms with Crippen LogP contribution in [0.2, 0.25) is 0 Å². The van der Waals surface area contributed by atoms with Gasteiger partial charge in [0.05, 0.1) is 44.2 Å². The predicted molar refractivity (Wildman–Crippen MR) is 122 cm³/mol. The Morgan fingerprint density at radius 1 is 1.38 bits per heavy atom. The fourth-order valence-corrected chi connectivity index (χ4v) is 4.37. The maximum atomic E-state index is 12.3. The van der Waals surface area contributed by atoms with Crippen molar-refractivity contribution in [1.82, 2.24) is 25.2 Å². The van der Waals surface area contributed by atoms with E-state index in [0.717, 1.165) is 31.6 Å². The van der Waals surface area contributed by atoms with E-state index in [-0.39, 0.29) is 30.3 Å². The minimum atomic E-state index is -0.257. The number of nitrogens with zero attached hydrogens (tertiary/aromatic N) is 5. The van der Waals surface area contributed by atoms with E-state index < -0.39 is 0 Å². The molecule has 0 aliphatic carbocycles. The van der Waals surface area contributed by atoms with Crippen molar-refractivity contribution in [1.29, 1.82) is 5.26 Å². The van der Waals surface area contributed by atoms with Crippen LogP contribution in [-0.2, 0) is 9.47 Å². The lowest BCUT2D eigenvalue weighted by molar-refractivity contribution is -0.0855. The SMILES string of the molecule is Cl.N#CCN1CCCC(c2ccnc(Nc3nc(C(=O)NCC4COCCO4)cs3)n2)C1. The van der Waals surface area contributed by atoms with E-state index >= 15 is 0 Å². The number of thiazole rings is 1. The third-order valence-corrected chi connectivity index (χ3v) is 5.98. The number of carbonyl (C=O) groups is 1. The number of nitriles is 1. The van der Waals surface area contributed by atoms with Gasteiger partial charge in [-0.2, -0.15) is 5.26 Å². The van der Waals surface area contributed by atoms with Crippen LogP contribution in [0.1, 0.15) is 34.9 Å². The van der Waals surface area contributed by atoms with E-state index in [2.05, 4.69) is 36.6 Å². The van der Waals surface area contributed by atoms with Gasteiger partial charge in [0, 0.05) is 30.6 Å². The highest BCUT2D eigenvalue weighted by Crippen LogP contribution is 2.26. The summed E-state index contributed by atoms with van der Waals surface area (Å²) in [6.07, 6.45) is 3.67. The number of hydrogen-bond donors (Lipinski definition) is 2. The van der Waals surface area contributed by atoms with E-state index in [1.807, 2.05) is 6.07 Å². The van der Waals surface area contributed by atoms with Gasteiger partial charge in [-0.25, -0.2) is 15.0 Å². The zero-order valence-electron chi connectivity index (χ0n) is 17.5. The van der Waals surface area contributed by atoms with E-state index in [1.54, 1.807) is 11.6 Å². The van der Waals surface area contributed by atoms with E-state index in [0.29, 0.717) is 49.7 Å². The topological polar surface area (TPSA) is 125 Å². The molecule has 0 bridgehead atoms. The molecule has 2 aromatic rings. The van der Waals surface area contributed by atoms with Gasteiger partial charge in [0.15, 0.2) is 5.13 Å². The number of rotatable bonds is 7. The van der Waals surface area contributed by atoms with Crippen LogP contribution in [0, 0.1) is 11.3 Å². The number of hydrogen-bond acceptors (Lipinski definition) is 10. The molecule has 2 aliphatic heterocycles. The second-order valence-corrected chi connectivity index (χ2v) is 8.34. The summed E-state index contributed by atoms with van der Waals surface area (Å²) in [5.74, 6) is 0.464. The van der Waals surface area contributed by atoms with Crippen LogP contribution in [0.25, 0.3) is 0 Å². The van der Waals surface area contributed by atoms with Gasteiger partial charge in [0.25, 0.3) is 5.91 Å². The van der Waals surface area contributed by atoms with Crippen LogP contribution in [0.5, 0.6) is 0 Å². The van der Waals surface area contributed by atoms with Gasteiger partial charge in [-0.05, 0) is 25.5 Å². The number of nitrogens with one attached hydrogen (secondary N) is 2. The van der Waals surface area contributed by atoms with Crippen LogP contribution in [0.15, 0.2) is 17.6 Å². The van der Waals surface area contributed by atoms with Crippen LogP contribution in [-0.4, -0.2) is 77.9 Å². The number of amides is 1. The molecule has 0 aromatic carbocycles. The van der Waals surface area contributed by atoms with Crippen molar-refractivity contribution in [2.75, 3.05) is 51.3 Å². The molecule has 2 N–H and O–H groups in total. The Morgan fingerprint density at radius 2 is 2.28 bits per heavy atom. The molecule has 2 atom stereocenters. The maximum Gasteiger partial charge on any atom is 0.270 e. The monoisotopic (exact) mass is 479 g/mol. The molecule has 172 valence electrons. The smallest absolute Gasteiger partial charge is 0.270 e. The van der Waals surface area contributed by atoms with Crippen molar-refractivity contribution >= 4 is 40.7 Å². The molecule has 1 amide bonds. The Morgan fingerprint density at radius 3 is 3.09 bits per heavy atom. The fraction of sp³-hybridized carbons (Fsp3) is 0.550. The summed E-state index contributed by atoms with van der Waals surface area (Å²) in [5.41, 5.74) is 1.28. The molecule has 12 heteroatoms. The molecule has 32 heavy (non-hydrogen) atoms. The van der Waals surface area contributed by atoms with Crippen molar-refractivity contribution < 1.29 is 14.3 Å². The zero-order chi connectivity index (χ0) is 21.5. The Balaban J connectivity index is 0.00000289. The Labute approximate surface area is 196 Å². The van der Waals surface area contributed by atoms with Gasteiger partial charge >= 0.3 is 0 Å². The molecule has 0 spiro atoms. The zero-order valence-corrected chi connectivity index (χ0v) is 19.2. The first kappa shape index (κ1) is 24.3. The van der Waals surface area contributed by atoms with Crippen molar-refractivity contribution in [2.45, 2.75) is 24.9 Å². The number of anilines is 2. The third-order valence-electron chi connectivity index (χ3n) is 5.23. The van der Waals surface area contributed by atoms with Crippen molar-refractivity contribution in [2.24, 2.45) is 0 Å². The molecule has 10 nitrogen and oxygen atoms in total. The molecule has 2 saturated heterocycles. The number of carbonyl (C=O) groups excluding carboxylic acids is 1. The van der Waals surface area contributed by atoms with E-state index in [1.165, 1.54) is 11.3 Å². The summed E-state index contributed by atoms with van der Waals surface area (Å²) in [4.78, 5) is 27.8. The standard InChI is InChI=1S/C20H25N7O3S.ClH/c21-4-7-27-6-1-2-14(11-27)16-3-5-22-19(24-16)26-20-25-17(13-31-20)18(28)23-10-15-12-29-8-9-30-15;/h3,5,13-15H,1-2,6-12H2,(H,23,28)(H,22,24,25,26);1H. The molecular formula is C20H26ClN7O3S. The van der Waals surface area contributed by atoms with Gasteiger partial charge < -0.3 is 20.1 Å². The first-order chi connectivity index (χ1) is 15.2. The Hall–Kier alpha value is -2.36. The highest BCUT2D eigenvalue weighted by molar-refractivity contribution is 7.14. The van der Waals surface area contributed by atoms with Crippen LogP contribution in [0.3, 0.4) is 0 Å². The van der Waals surface area contributed by atoms with E-state index in [4.69, 9.17) is 14.7 Å². The molecule has 2 aromatic heterocycles. The Bertz CT molecular complexity index is 932. The number of ether oxygens (including phenoxy) is 2. The van der Waals surface area contributed by atoms with Crippen LogP contribution >= 0.6 is 23.7 Å². The summed E-state index contributed by atoms with van der Waals surface area (Å²) >= 11 is 1.32. The molecule has 2 unspecified atom stereocenters. The minimum absolute atomic E-state index is 0. The lowest BCUT2D eigenvalue weighted by Crippen LogP contribution is -2.39. The highest BCUT2D eigenvalue weighted by atomic mass is 35.5. The molecule has 4 heterocycles. The molecular weight excluding hydrogens is 454 g/mol. The third kappa shape index (κ3) is 6.57. The van der Waals surface area contributed by atoms with Gasteiger partial charge in [-0.1, -0.05) is 0 Å². The minimum Gasteiger partial charge on any atom is -0.376 e. The number of piperidine rings is 1. The molecule has 0 radical (unpaired) electrons. The van der Waals surface area contributed by atoms with Gasteiger partial charge in [0.2, 0.25) is 5.95 Å². The quantitative estimate of drug-likeness (QED) is 0.573. The number of aromatic nitrogens is 3. The summed E-state index contributed by atoms with van der Waals surface area (Å²) in [7, 11) is 0. The fourth-order valence-electron chi connectivity index (χ4n) is 3.68. The van der Waals surface area contributed by atoms with Crippen molar-refractivity contribution in [3.63, 3.8) is 0 Å². The summed E-state index contributed by atoms with van der Waals surface area (Å²) in [5, 5.41) is 17.1.